The summed E-state index contributed by atoms with van der Waals surface area (Å²) in [6, 6.07) is 30.6. The van der Waals surface area contributed by atoms with Crippen LogP contribution < -0.4 is 4.74 Å². The van der Waals surface area contributed by atoms with Crippen LogP contribution in [0.2, 0.25) is 0 Å². The molecule has 5 heterocycles. The standard InChI is InChI=1S/C31H20N6O/c1-19-34-31-24-17-30(33-18-25(24)22-9-3-5-11-27(22)37(31)35-19)38-20-13-14-23-21-8-2-4-10-26(21)36(28(23)16-20)29-12-6-7-15-32-29/h2-18H,1H3. The fraction of sp³-hybridized carbons (Fsp3) is 0.0323. The van der Waals surface area contributed by atoms with E-state index in [9.17, 15) is 0 Å². The predicted octanol–water partition coefficient (Wildman–Crippen LogP) is 7.02. The zero-order chi connectivity index (χ0) is 25.2. The molecule has 0 fully saturated rings. The molecule has 180 valence electrons. The van der Waals surface area contributed by atoms with Crippen LogP contribution in [0.3, 0.4) is 0 Å². The number of hydrogen-bond donors (Lipinski definition) is 0. The van der Waals surface area contributed by atoms with Crippen molar-refractivity contribution in [2.75, 3.05) is 0 Å². The number of rotatable bonds is 3. The summed E-state index contributed by atoms with van der Waals surface area (Å²) < 4.78 is 10.4. The Kier molecular flexibility index (Phi) is 4.31. The Morgan fingerprint density at radius 3 is 2.26 bits per heavy atom. The quantitative estimate of drug-likeness (QED) is 0.248. The van der Waals surface area contributed by atoms with Gasteiger partial charge in [0.05, 0.1) is 16.6 Å². The minimum Gasteiger partial charge on any atom is -0.439 e. The van der Waals surface area contributed by atoms with Gasteiger partial charge in [-0.25, -0.2) is 19.5 Å². The Labute approximate surface area is 216 Å². The van der Waals surface area contributed by atoms with Gasteiger partial charge in [-0.1, -0.05) is 42.5 Å². The van der Waals surface area contributed by atoms with Crippen molar-refractivity contribution in [3.63, 3.8) is 0 Å². The summed E-state index contributed by atoms with van der Waals surface area (Å²) in [4.78, 5) is 14.0. The molecule has 0 saturated carbocycles. The van der Waals surface area contributed by atoms with E-state index < -0.39 is 0 Å². The molecule has 0 spiro atoms. The molecule has 0 atom stereocenters. The number of aromatic nitrogens is 6. The van der Waals surface area contributed by atoms with E-state index in [0.29, 0.717) is 11.6 Å². The van der Waals surface area contributed by atoms with Crippen molar-refractivity contribution >= 4 is 49.1 Å². The normalized spacial score (nSPS) is 11.8. The van der Waals surface area contributed by atoms with E-state index in [4.69, 9.17) is 9.72 Å². The third kappa shape index (κ3) is 3.02. The SMILES string of the molecule is Cc1nc2c3cc(Oc4ccc5c6ccccc6n(-c6ccccn6)c5c4)ncc3c3ccccc3n2n1. The molecule has 0 radical (unpaired) electrons. The van der Waals surface area contributed by atoms with Gasteiger partial charge in [0.2, 0.25) is 5.88 Å². The van der Waals surface area contributed by atoms with E-state index in [2.05, 4.69) is 56.0 Å². The van der Waals surface area contributed by atoms with Gasteiger partial charge < -0.3 is 4.74 Å². The van der Waals surface area contributed by atoms with Crippen LogP contribution in [0, 0.1) is 6.92 Å². The molecule has 5 aromatic heterocycles. The van der Waals surface area contributed by atoms with Gasteiger partial charge in [-0.2, -0.15) is 5.10 Å². The molecule has 8 rings (SSSR count). The van der Waals surface area contributed by atoms with Crippen molar-refractivity contribution in [1.82, 2.24) is 29.1 Å². The van der Waals surface area contributed by atoms with Gasteiger partial charge in [-0.3, -0.25) is 4.57 Å². The van der Waals surface area contributed by atoms with E-state index in [0.717, 1.165) is 55.4 Å². The number of ether oxygens (including phenoxy) is 1. The van der Waals surface area contributed by atoms with Crippen LogP contribution in [0.15, 0.2) is 103 Å². The average molecular weight is 493 g/mol. The third-order valence-corrected chi connectivity index (χ3v) is 7.00. The molecule has 0 unspecified atom stereocenters. The number of fused-ring (bicyclic) bond motifs is 9. The maximum Gasteiger partial charge on any atom is 0.219 e. The lowest BCUT2D eigenvalue weighted by atomic mass is 10.1. The summed E-state index contributed by atoms with van der Waals surface area (Å²) in [6.07, 6.45) is 3.67. The third-order valence-electron chi connectivity index (χ3n) is 7.00. The molecule has 0 aliphatic heterocycles. The van der Waals surface area contributed by atoms with Crippen molar-refractivity contribution in [3.8, 4) is 17.4 Å². The van der Waals surface area contributed by atoms with Gasteiger partial charge in [0.1, 0.15) is 17.4 Å². The summed E-state index contributed by atoms with van der Waals surface area (Å²) in [7, 11) is 0. The smallest absolute Gasteiger partial charge is 0.219 e. The molecule has 38 heavy (non-hydrogen) atoms. The van der Waals surface area contributed by atoms with Crippen molar-refractivity contribution in [2.24, 2.45) is 0 Å². The first-order valence-electron chi connectivity index (χ1n) is 12.4. The maximum atomic E-state index is 6.35. The number of benzene rings is 3. The molecule has 7 nitrogen and oxygen atoms in total. The lowest BCUT2D eigenvalue weighted by Gasteiger charge is -2.10. The number of para-hydroxylation sites is 2. The predicted molar refractivity (Wildman–Crippen MR) is 149 cm³/mol. The molecule has 0 saturated heterocycles. The first-order valence-corrected chi connectivity index (χ1v) is 12.4. The minimum absolute atomic E-state index is 0.496. The molecular weight excluding hydrogens is 472 g/mol. The number of nitrogens with zero attached hydrogens (tertiary/aromatic N) is 6. The Morgan fingerprint density at radius 1 is 0.658 bits per heavy atom. The number of pyridine rings is 3. The molecule has 0 bridgehead atoms. The Hall–Kier alpha value is -5.30. The van der Waals surface area contributed by atoms with Crippen molar-refractivity contribution < 1.29 is 4.74 Å². The van der Waals surface area contributed by atoms with E-state index in [-0.39, 0.29) is 0 Å². The van der Waals surface area contributed by atoms with Crippen molar-refractivity contribution in [2.45, 2.75) is 6.92 Å². The van der Waals surface area contributed by atoms with E-state index >= 15 is 0 Å². The summed E-state index contributed by atoms with van der Waals surface area (Å²) >= 11 is 0. The lowest BCUT2D eigenvalue weighted by molar-refractivity contribution is 0.464. The molecule has 7 heteroatoms. The van der Waals surface area contributed by atoms with Crippen LogP contribution in [0.4, 0.5) is 0 Å². The zero-order valence-corrected chi connectivity index (χ0v) is 20.4. The van der Waals surface area contributed by atoms with Crippen LogP contribution in [-0.4, -0.2) is 29.1 Å². The molecule has 0 amide bonds. The Morgan fingerprint density at radius 2 is 1.42 bits per heavy atom. The van der Waals surface area contributed by atoms with Gasteiger partial charge in [0.25, 0.3) is 0 Å². The van der Waals surface area contributed by atoms with Crippen molar-refractivity contribution in [3.05, 3.63) is 109 Å². The molecule has 0 N–H and O–H groups in total. The minimum atomic E-state index is 0.496. The highest BCUT2D eigenvalue weighted by atomic mass is 16.5. The number of hydrogen-bond acceptors (Lipinski definition) is 5. The van der Waals surface area contributed by atoms with Gasteiger partial charge in [-0.15, -0.1) is 0 Å². The van der Waals surface area contributed by atoms with Crippen LogP contribution in [0.25, 0.3) is 54.9 Å². The van der Waals surface area contributed by atoms with Crippen LogP contribution in [-0.2, 0) is 0 Å². The highest BCUT2D eigenvalue weighted by Gasteiger charge is 2.16. The largest absolute Gasteiger partial charge is 0.439 e. The topological polar surface area (TPSA) is 70.1 Å². The second-order valence-corrected chi connectivity index (χ2v) is 9.30. The highest BCUT2D eigenvalue weighted by molar-refractivity contribution is 6.11. The van der Waals surface area contributed by atoms with Gasteiger partial charge in [0.15, 0.2) is 5.65 Å². The zero-order valence-electron chi connectivity index (χ0n) is 20.4. The first-order chi connectivity index (χ1) is 18.7. The van der Waals surface area contributed by atoms with Crippen LogP contribution in [0.5, 0.6) is 11.6 Å². The average Bonchev–Trinajstić information content (AvgIpc) is 3.51. The summed E-state index contributed by atoms with van der Waals surface area (Å²) in [6.45, 7) is 1.90. The molecule has 0 aliphatic rings. The maximum absolute atomic E-state index is 6.35. The molecular formula is C31H20N6O. The fourth-order valence-corrected chi connectivity index (χ4v) is 5.40. The fourth-order valence-electron chi connectivity index (χ4n) is 5.40. The van der Waals surface area contributed by atoms with E-state index in [1.165, 1.54) is 5.39 Å². The molecule has 8 aromatic rings. The Bertz CT molecular complexity index is 2180. The van der Waals surface area contributed by atoms with Gasteiger partial charge in [0, 0.05) is 51.5 Å². The van der Waals surface area contributed by atoms with Gasteiger partial charge >= 0.3 is 0 Å². The van der Waals surface area contributed by atoms with E-state index in [1.807, 2.05) is 78.4 Å². The monoisotopic (exact) mass is 492 g/mol. The highest BCUT2D eigenvalue weighted by Crippen LogP contribution is 2.36. The summed E-state index contributed by atoms with van der Waals surface area (Å²) in [5, 5.41) is 9.96. The van der Waals surface area contributed by atoms with E-state index in [1.54, 1.807) is 0 Å². The van der Waals surface area contributed by atoms with Crippen molar-refractivity contribution in [1.29, 1.82) is 0 Å². The first kappa shape index (κ1) is 20.8. The molecule has 3 aromatic carbocycles. The summed E-state index contributed by atoms with van der Waals surface area (Å²) in [5.41, 5.74) is 3.90. The van der Waals surface area contributed by atoms with Gasteiger partial charge in [-0.05, 0) is 43.3 Å². The Balaban J connectivity index is 1.31. The second-order valence-electron chi connectivity index (χ2n) is 9.30. The molecule has 0 aliphatic carbocycles. The lowest BCUT2D eigenvalue weighted by Crippen LogP contribution is -1.97. The number of aryl methyl sites for hydroxylation is 1. The second kappa shape index (κ2) is 7.85. The van der Waals surface area contributed by atoms with Crippen LogP contribution in [0.1, 0.15) is 5.82 Å². The summed E-state index contributed by atoms with van der Waals surface area (Å²) in [5.74, 6) is 2.76. The van der Waals surface area contributed by atoms with Crippen LogP contribution >= 0.6 is 0 Å².